The minimum atomic E-state index is -0.449. The van der Waals surface area contributed by atoms with Gasteiger partial charge >= 0.3 is 0 Å². The van der Waals surface area contributed by atoms with Crippen LogP contribution < -0.4 is 5.32 Å². The maximum absolute atomic E-state index is 10.1. The van der Waals surface area contributed by atoms with Crippen molar-refractivity contribution in [2.45, 2.75) is 92.6 Å². The molecule has 0 aliphatic rings. The van der Waals surface area contributed by atoms with Crippen LogP contribution in [0.2, 0.25) is 0 Å². The second-order valence-electron chi connectivity index (χ2n) is 7.00. The third kappa shape index (κ3) is 16.3. The van der Waals surface area contributed by atoms with E-state index in [0.717, 1.165) is 23.9 Å². The minimum Gasteiger partial charge on any atom is -0.390 e. The average molecular weight is 408 g/mol. The molecule has 3 nitrogen and oxygen atoms in total. The van der Waals surface area contributed by atoms with Gasteiger partial charge in [-0.1, -0.05) is 97.6 Å². The van der Waals surface area contributed by atoms with Crippen LogP contribution in [0, 0.1) is 11.8 Å². The summed E-state index contributed by atoms with van der Waals surface area (Å²) in [5.74, 6) is 1.92. The highest BCUT2D eigenvalue weighted by Crippen LogP contribution is 2.14. The Hall–Kier alpha value is 0.160. The first-order valence-electron chi connectivity index (χ1n) is 10.2. The number of ether oxygens (including phenoxy) is 1. The van der Waals surface area contributed by atoms with Gasteiger partial charge in [-0.05, 0) is 24.7 Å². The SMILES string of the molecule is C.CCCCC(CC)CNC(=S)SCC(O)COCC(CC)CCCC. The summed E-state index contributed by atoms with van der Waals surface area (Å²) in [6, 6.07) is 0. The molecule has 0 aliphatic heterocycles. The Bertz CT molecular complexity index is 316. The van der Waals surface area contributed by atoms with Crippen molar-refractivity contribution in [1.29, 1.82) is 0 Å². The molecule has 0 amide bonds. The van der Waals surface area contributed by atoms with Crippen molar-refractivity contribution in [3.8, 4) is 0 Å². The molecule has 0 bridgehead atoms. The van der Waals surface area contributed by atoms with Crippen molar-refractivity contribution in [3.05, 3.63) is 0 Å². The van der Waals surface area contributed by atoms with E-state index in [1.165, 1.54) is 56.7 Å². The zero-order valence-electron chi connectivity index (χ0n) is 16.9. The molecule has 3 unspecified atom stereocenters. The Balaban J connectivity index is 0. The normalized spacial score (nSPS) is 14.3. The molecule has 0 fully saturated rings. The van der Waals surface area contributed by atoms with Crippen LogP contribution in [-0.2, 0) is 4.74 Å². The fourth-order valence-electron chi connectivity index (χ4n) is 2.71. The van der Waals surface area contributed by atoms with Gasteiger partial charge in [0.05, 0.1) is 12.7 Å². The van der Waals surface area contributed by atoms with Crippen LogP contribution in [0.25, 0.3) is 0 Å². The predicted molar refractivity (Wildman–Crippen MR) is 123 cm³/mol. The van der Waals surface area contributed by atoms with Crippen molar-refractivity contribution in [2.75, 3.05) is 25.5 Å². The van der Waals surface area contributed by atoms with Gasteiger partial charge in [0.25, 0.3) is 0 Å². The van der Waals surface area contributed by atoms with E-state index in [2.05, 4.69) is 33.0 Å². The molecule has 158 valence electrons. The highest BCUT2D eigenvalue weighted by molar-refractivity contribution is 8.23. The number of thioether (sulfide) groups is 1. The number of hydrogen-bond acceptors (Lipinski definition) is 4. The zero-order valence-corrected chi connectivity index (χ0v) is 18.5. The van der Waals surface area contributed by atoms with Crippen LogP contribution >= 0.6 is 24.0 Å². The number of rotatable bonds is 16. The first kappa shape index (κ1) is 28.4. The first-order valence-corrected chi connectivity index (χ1v) is 11.6. The number of nitrogens with one attached hydrogen (secondary N) is 1. The third-order valence-corrected chi connectivity index (χ3v) is 6.15. The van der Waals surface area contributed by atoms with E-state index in [9.17, 15) is 5.11 Å². The smallest absolute Gasteiger partial charge is 0.133 e. The van der Waals surface area contributed by atoms with E-state index >= 15 is 0 Å². The standard InChI is InChI=1S/C20H41NO2S2.CH4/c1-5-9-11-17(7-3)13-21-20(24)25-16-19(22)15-23-14-18(8-4)12-10-6-2;/h17-19,22H,5-16H2,1-4H3,(H,21,24);1H4. The first-order chi connectivity index (χ1) is 12.1. The predicted octanol–water partition coefficient (Wildman–Crippen LogP) is 6.04. The molecule has 5 heteroatoms. The van der Waals surface area contributed by atoms with E-state index < -0.39 is 6.10 Å². The zero-order chi connectivity index (χ0) is 18.9. The fraction of sp³-hybridized carbons (Fsp3) is 0.952. The van der Waals surface area contributed by atoms with Gasteiger partial charge in [-0.3, -0.25) is 0 Å². The molecule has 2 N–H and O–H groups in total. The molecular formula is C21H45NO2S2. The van der Waals surface area contributed by atoms with E-state index in [0.29, 0.717) is 24.2 Å². The number of aliphatic hydroxyl groups excluding tert-OH is 1. The summed E-state index contributed by atoms with van der Waals surface area (Å²) in [6.45, 7) is 11.0. The average Bonchev–Trinajstić information content (AvgIpc) is 2.62. The summed E-state index contributed by atoms with van der Waals surface area (Å²) in [5.41, 5.74) is 0. The van der Waals surface area contributed by atoms with Crippen molar-refractivity contribution in [1.82, 2.24) is 5.32 Å². The van der Waals surface area contributed by atoms with E-state index in [1.807, 2.05) is 0 Å². The lowest BCUT2D eigenvalue weighted by Gasteiger charge is -2.18. The fourth-order valence-corrected chi connectivity index (χ4v) is 3.62. The topological polar surface area (TPSA) is 41.5 Å². The van der Waals surface area contributed by atoms with Gasteiger partial charge in [-0.25, -0.2) is 0 Å². The lowest BCUT2D eigenvalue weighted by Crippen LogP contribution is -2.28. The molecular weight excluding hydrogens is 362 g/mol. The van der Waals surface area contributed by atoms with Gasteiger partial charge in [0.2, 0.25) is 0 Å². The molecule has 0 aromatic carbocycles. The minimum absolute atomic E-state index is 0. The van der Waals surface area contributed by atoms with Crippen molar-refractivity contribution in [2.24, 2.45) is 11.8 Å². The largest absolute Gasteiger partial charge is 0.390 e. The summed E-state index contributed by atoms with van der Waals surface area (Å²) in [5, 5.41) is 13.4. The highest BCUT2D eigenvalue weighted by Gasteiger charge is 2.11. The van der Waals surface area contributed by atoms with Crippen LogP contribution in [0.15, 0.2) is 0 Å². The van der Waals surface area contributed by atoms with E-state index in [-0.39, 0.29) is 7.43 Å². The molecule has 0 aromatic heterocycles. The number of hydrogen-bond donors (Lipinski definition) is 2. The van der Waals surface area contributed by atoms with Crippen LogP contribution in [0.3, 0.4) is 0 Å². The van der Waals surface area contributed by atoms with Gasteiger partial charge in [0, 0.05) is 18.9 Å². The number of aliphatic hydroxyl groups is 1. The summed E-state index contributed by atoms with van der Waals surface area (Å²) in [7, 11) is 0. The Morgan fingerprint density at radius 3 is 2.12 bits per heavy atom. The van der Waals surface area contributed by atoms with Gasteiger partial charge in [-0.15, -0.1) is 0 Å². The molecule has 0 saturated carbocycles. The molecule has 3 atom stereocenters. The van der Waals surface area contributed by atoms with Gasteiger partial charge in [0.1, 0.15) is 4.32 Å². The van der Waals surface area contributed by atoms with Crippen molar-refractivity contribution in [3.63, 3.8) is 0 Å². The third-order valence-electron chi connectivity index (χ3n) is 4.69. The Morgan fingerprint density at radius 2 is 1.58 bits per heavy atom. The summed E-state index contributed by atoms with van der Waals surface area (Å²) >= 11 is 6.90. The van der Waals surface area contributed by atoms with Crippen LogP contribution in [-0.4, -0.2) is 41.0 Å². The Morgan fingerprint density at radius 1 is 1.00 bits per heavy atom. The van der Waals surface area contributed by atoms with Gasteiger partial charge < -0.3 is 15.2 Å². The summed E-state index contributed by atoms with van der Waals surface area (Å²) in [6.07, 6.45) is 9.41. The second-order valence-corrected chi connectivity index (χ2v) is 8.70. The molecule has 0 saturated heterocycles. The molecule has 0 radical (unpaired) electrons. The van der Waals surface area contributed by atoms with Gasteiger partial charge in [0.15, 0.2) is 0 Å². The maximum atomic E-state index is 10.1. The Labute approximate surface area is 173 Å². The molecule has 26 heavy (non-hydrogen) atoms. The van der Waals surface area contributed by atoms with Crippen molar-refractivity contribution >= 4 is 28.3 Å². The molecule has 0 aliphatic carbocycles. The quantitative estimate of drug-likeness (QED) is 0.305. The van der Waals surface area contributed by atoms with E-state index in [1.54, 1.807) is 0 Å². The summed E-state index contributed by atoms with van der Waals surface area (Å²) in [4.78, 5) is 0. The van der Waals surface area contributed by atoms with E-state index in [4.69, 9.17) is 17.0 Å². The van der Waals surface area contributed by atoms with Crippen LogP contribution in [0.5, 0.6) is 0 Å². The number of unbranched alkanes of at least 4 members (excludes halogenated alkanes) is 2. The molecule has 0 rings (SSSR count). The Kier molecular flexibility index (Phi) is 21.7. The summed E-state index contributed by atoms with van der Waals surface area (Å²) < 4.78 is 6.51. The van der Waals surface area contributed by atoms with Crippen LogP contribution in [0.4, 0.5) is 0 Å². The lowest BCUT2D eigenvalue weighted by molar-refractivity contribution is 0.0288. The highest BCUT2D eigenvalue weighted by atomic mass is 32.2. The molecule has 0 heterocycles. The molecule has 0 aromatic rings. The van der Waals surface area contributed by atoms with Crippen LogP contribution in [0.1, 0.15) is 86.5 Å². The van der Waals surface area contributed by atoms with Gasteiger partial charge in [-0.2, -0.15) is 0 Å². The lowest BCUT2D eigenvalue weighted by atomic mass is 10.00. The molecule has 0 spiro atoms. The number of thiocarbonyl (C=S) groups is 1. The monoisotopic (exact) mass is 407 g/mol. The van der Waals surface area contributed by atoms with Crippen molar-refractivity contribution < 1.29 is 9.84 Å². The second kappa shape index (κ2) is 19.9. The maximum Gasteiger partial charge on any atom is 0.133 e.